The second-order valence-electron chi connectivity index (χ2n) is 3.89. The van der Waals surface area contributed by atoms with Gasteiger partial charge in [0.05, 0.1) is 6.61 Å². The number of nitrogens with zero attached hydrogens (tertiary/aromatic N) is 1. The molecule has 22 heavy (non-hydrogen) atoms. The molecule has 0 saturated heterocycles. The molecule has 0 bridgehead atoms. The van der Waals surface area contributed by atoms with Gasteiger partial charge in [-0.25, -0.2) is 13.2 Å². The van der Waals surface area contributed by atoms with Crippen LogP contribution in [0.1, 0.15) is 19.3 Å². The highest BCUT2D eigenvalue weighted by Gasteiger charge is 2.28. The van der Waals surface area contributed by atoms with Crippen molar-refractivity contribution in [3.8, 4) is 5.75 Å². The molecule has 0 aliphatic rings. The van der Waals surface area contributed by atoms with Gasteiger partial charge >= 0.3 is 5.97 Å². The summed E-state index contributed by atoms with van der Waals surface area (Å²) in [6, 6.07) is 0. The number of carbonyl (C=O) groups excluding carboxylic acids is 1. The molecule has 0 spiro atoms. The summed E-state index contributed by atoms with van der Waals surface area (Å²) in [5, 5.41) is 8.76. The third-order valence-corrected chi connectivity index (χ3v) is 2.36. The Morgan fingerprint density at radius 1 is 0.955 bits per heavy atom. The molecule has 1 aromatic rings. The maximum absolute atomic E-state index is 13.2. The molecular weight excluding hydrogens is 321 g/mol. The number of hydrogen-bond donors (Lipinski definition) is 0. The van der Waals surface area contributed by atoms with Crippen molar-refractivity contribution in [1.29, 1.82) is 0 Å². The smallest absolute Gasteiger partial charge is 0.311 e. The minimum Gasteiger partial charge on any atom is -0.420 e. The monoisotopic (exact) mass is 329 g/mol. The van der Waals surface area contributed by atoms with Gasteiger partial charge in [-0.3, -0.25) is 4.79 Å². The Bertz CT molecular complexity index is 566. The Balaban J connectivity index is 2.64. The van der Waals surface area contributed by atoms with Crippen LogP contribution >= 0.6 is 0 Å². The molecule has 1 aromatic carbocycles. The number of ether oxygens (including phenoxy) is 1. The van der Waals surface area contributed by atoms with Crippen LogP contribution in [0.4, 0.5) is 22.0 Å². The van der Waals surface area contributed by atoms with Crippen LogP contribution in [0.5, 0.6) is 5.75 Å². The molecule has 0 saturated carbocycles. The predicted molar refractivity (Wildman–Crippen MR) is 58.7 cm³/mol. The van der Waals surface area contributed by atoms with E-state index in [9.17, 15) is 36.9 Å². The molecule has 0 radical (unpaired) electrons. The average Bonchev–Trinajstić information content (AvgIpc) is 2.47. The van der Waals surface area contributed by atoms with Crippen molar-refractivity contribution in [1.82, 2.24) is 0 Å². The van der Waals surface area contributed by atoms with Gasteiger partial charge in [0.1, 0.15) is 0 Å². The summed E-state index contributed by atoms with van der Waals surface area (Å²) >= 11 is 0. The topological polar surface area (TPSA) is 78.7 Å². The van der Waals surface area contributed by atoms with Crippen LogP contribution in [0.3, 0.4) is 0 Å². The van der Waals surface area contributed by atoms with Crippen molar-refractivity contribution in [2.45, 2.75) is 19.3 Å². The fraction of sp³-hybridized carbons (Fsp3) is 0.364. The molecule has 0 fully saturated rings. The Hall–Kier alpha value is -2.46. The van der Waals surface area contributed by atoms with E-state index >= 15 is 0 Å². The van der Waals surface area contributed by atoms with Gasteiger partial charge in [0.15, 0.2) is 0 Å². The van der Waals surface area contributed by atoms with Gasteiger partial charge in [-0.1, -0.05) is 0 Å². The standard InChI is InChI=1S/C11H8F5NO5/c12-6-7(13)9(15)11(10(16)8(6)14)22-5(18)3-1-2-4-21-17(19)20/h1-4H2. The number of halogens is 5. The van der Waals surface area contributed by atoms with E-state index < -0.39 is 52.3 Å². The normalized spacial score (nSPS) is 10.4. The fourth-order valence-electron chi connectivity index (χ4n) is 1.35. The molecule has 11 heteroatoms. The number of rotatable bonds is 7. The van der Waals surface area contributed by atoms with Crippen LogP contribution in [0, 0.1) is 39.2 Å². The summed E-state index contributed by atoms with van der Waals surface area (Å²) in [6.45, 7) is -0.317. The maximum Gasteiger partial charge on any atom is 0.311 e. The van der Waals surface area contributed by atoms with Crippen molar-refractivity contribution < 1.29 is 41.4 Å². The van der Waals surface area contributed by atoms with Crippen molar-refractivity contribution in [3.05, 3.63) is 39.2 Å². The van der Waals surface area contributed by atoms with Crippen molar-refractivity contribution in [2.24, 2.45) is 0 Å². The summed E-state index contributed by atoms with van der Waals surface area (Å²) in [5.74, 6) is -14.3. The minimum atomic E-state index is -2.37. The van der Waals surface area contributed by atoms with E-state index in [0.29, 0.717) is 0 Å². The second kappa shape index (κ2) is 7.52. The van der Waals surface area contributed by atoms with Gasteiger partial charge in [-0.05, 0) is 12.8 Å². The summed E-state index contributed by atoms with van der Waals surface area (Å²) < 4.78 is 69.0. The first-order valence-electron chi connectivity index (χ1n) is 5.75. The number of carbonyl (C=O) groups is 1. The lowest BCUT2D eigenvalue weighted by molar-refractivity contribution is -0.757. The predicted octanol–water partition coefficient (Wildman–Crippen LogP) is 2.67. The third kappa shape index (κ3) is 4.27. The van der Waals surface area contributed by atoms with Crippen molar-refractivity contribution in [3.63, 3.8) is 0 Å². The Kier molecular flexibility index (Phi) is 6.01. The largest absolute Gasteiger partial charge is 0.420 e. The summed E-state index contributed by atoms with van der Waals surface area (Å²) in [6.07, 6.45) is -0.421. The second-order valence-corrected chi connectivity index (χ2v) is 3.89. The summed E-state index contributed by atoms with van der Waals surface area (Å²) in [7, 11) is 0. The van der Waals surface area contributed by atoms with E-state index in [1.165, 1.54) is 0 Å². The first-order chi connectivity index (χ1) is 10.3. The quantitative estimate of drug-likeness (QED) is 0.112. The Labute approximate surface area is 119 Å². The van der Waals surface area contributed by atoms with Crippen molar-refractivity contribution in [2.75, 3.05) is 6.61 Å². The van der Waals surface area contributed by atoms with Crippen LogP contribution in [0.25, 0.3) is 0 Å². The Morgan fingerprint density at radius 2 is 1.45 bits per heavy atom. The molecule has 0 heterocycles. The molecular formula is C11H8F5NO5. The van der Waals surface area contributed by atoms with E-state index in [2.05, 4.69) is 9.57 Å². The molecule has 0 amide bonds. The van der Waals surface area contributed by atoms with E-state index in [4.69, 9.17) is 0 Å². The van der Waals surface area contributed by atoms with Gasteiger partial charge in [0.2, 0.25) is 34.8 Å². The zero-order valence-electron chi connectivity index (χ0n) is 10.7. The number of esters is 1. The van der Waals surface area contributed by atoms with E-state index in [1.54, 1.807) is 0 Å². The highest BCUT2D eigenvalue weighted by molar-refractivity contribution is 5.72. The summed E-state index contributed by atoms with van der Waals surface area (Å²) in [5.41, 5.74) is 0. The van der Waals surface area contributed by atoms with Gasteiger partial charge < -0.3 is 9.57 Å². The summed E-state index contributed by atoms with van der Waals surface area (Å²) in [4.78, 5) is 25.0. The molecule has 0 atom stereocenters. The first-order valence-corrected chi connectivity index (χ1v) is 5.75. The molecule has 0 aliphatic heterocycles. The van der Waals surface area contributed by atoms with Gasteiger partial charge in [-0.15, -0.1) is 10.1 Å². The third-order valence-electron chi connectivity index (χ3n) is 2.36. The molecule has 0 aromatic heterocycles. The number of benzene rings is 1. The maximum atomic E-state index is 13.2. The molecule has 122 valence electrons. The first kappa shape index (κ1) is 17.6. The highest BCUT2D eigenvalue weighted by atomic mass is 19.2. The van der Waals surface area contributed by atoms with Gasteiger partial charge in [0, 0.05) is 6.42 Å². The molecule has 1 rings (SSSR count). The lowest BCUT2D eigenvalue weighted by Gasteiger charge is -2.08. The van der Waals surface area contributed by atoms with E-state index in [1.807, 2.05) is 0 Å². The van der Waals surface area contributed by atoms with Crippen LogP contribution in [0.2, 0.25) is 0 Å². The zero-order valence-corrected chi connectivity index (χ0v) is 10.7. The van der Waals surface area contributed by atoms with E-state index in [-0.39, 0.29) is 19.4 Å². The zero-order chi connectivity index (χ0) is 16.9. The van der Waals surface area contributed by atoms with Crippen LogP contribution in [-0.4, -0.2) is 17.7 Å². The van der Waals surface area contributed by atoms with Gasteiger partial charge in [0.25, 0.3) is 5.09 Å². The molecule has 0 aliphatic carbocycles. The molecule has 6 nitrogen and oxygen atoms in total. The van der Waals surface area contributed by atoms with Crippen LogP contribution < -0.4 is 4.74 Å². The van der Waals surface area contributed by atoms with Crippen molar-refractivity contribution >= 4 is 5.97 Å². The Morgan fingerprint density at radius 3 is 1.95 bits per heavy atom. The fourth-order valence-corrected chi connectivity index (χ4v) is 1.35. The van der Waals surface area contributed by atoms with Gasteiger partial charge in [-0.2, -0.15) is 8.78 Å². The number of hydrogen-bond acceptors (Lipinski definition) is 5. The van der Waals surface area contributed by atoms with E-state index in [0.717, 1.165) is 0 Å². The average molecular weight is 329 g/mol. The lowest BCUT2D eigenvalue weighted by Crippen LogP contribution is -2.13. The molecule has 0 N–H and O–H groups in total. The van der Waals surface area contributed by atoms with Crippen LogP contribution in [0.15, 0.2) is 0 Å². The molecule has 0 unspecified atom stereocenters. The van der Waals surface area contributed by atoms with Crippen LogP contribution in [-0.2, 0) is 9.63 Å². The highest BCUT2D eigenvalue weighted by Crippen LogP contribution is 2.29. The SMILES string of the molecule is O=C(CCCCO[N+](=O)[O-])Oc1c(F)c(F)c(F)c(F)c1F. The minimum absolute atomic E-state index is 0.0118. The lowest BCUT2D eigenvalue weighted by atomic mass is 10.2. The number of unbranched alkanes of at least 4 members (excludes halogenated alkanes) is 1.